The molecule has 3 aromatic rings. The van der Waals surface area contributed by atoms with Crippen molar-refractivity contribution in [2.75, 3.05) is 6.54 Å². The number of tetrazole rings is 1. The van der Waals surface area contributed by atoms with Gasteiger partial charge in [0.15, 0.2) is 6.67 Å². The largest absolute Gasteiger partial charge is 0.351 e. The van der Waals surface area contributed by atoms with Crippen molar-refractivity contribution in [2.24, 2.45) is 0 Å². The van der Waals surface area contributed by atoms with Crippen LogP contribution in [0.5, 0.6) is 0 Å². The van der Waals surface area contributed by atoms with Crippen LogP contribution in [0.4, 0.5) is 0 Å². The molecular weight excluding hydrogens is 306 g/mol. The van der Waals surface area contributed by atoms with Crippen LogP contribution >= 0.6 is 0 Å². The van der Waals surface area contributed by atoms with E-state index in [4.69, 9.17) is 0 Å². The molecule has 8 heteroatoms. The fourth-order valence-electron chi connectivity index (χ4n) is 2.17. The lowest BCUT2D eigenvalue weighted by atomic mass is 10.2. The number of benzene rings is 1. The third kappa shape index (κ3) is 3.83. The fourth-order valence-corrected chi connectivity index (χ4v) is 2.17. The van der Waals surface area contributed by atoms with Crippen LogP contribution in [0.3, 0.4) is 0 Å². The number of amides is 1. The Balaban J connectivity index is 1.63. The van der Waals surface area contributed by atoms with Crippen molar-refractivity contribution >= 4 is 5.91 Å². The molecule has 0 spiro atoms. The van der Waals surface area contributed by atoms with Crippen LogP contribution in [0.2, 0.25) is 0 Å². The molecule has 0 unspecified atom stereocenters. The van der Waals surface area contributed by atoms with Gasteiger partial charge in [-0.3, -0.25) is 4.79 Å². The van der Waals surface area contributed by atoms with Crippen LogP contribution < -0.4 is 5.32 Å². The summed E-state index contributed by atoms with van der Waals surface area (Å²) in [7, 11) is 0. The maximum atomic E-state index is 11.9. The van der Waals surface area contributed by atoms with Gasteiger partial charge in [-0.1, -0.05) is 43.7 Å². The quantitative estimate of drug-likeness (QED) is 0.666. The molecule has 0 atom stereocenters. The Kier molecular flexibility index (Phi) is 4.95. The van der Waals surface area contributed by atoms with Crippen molar-refractivity contribution < 1.29 is 4.79 Å². The molecule has 0 bridgehead atoms. The van der Waals surface area contributed by atoms with Crippen molar-refractivity contribution in [2.45, 2.75) is 26.4 Å². The van der Waals surface area contributed by atoms with Crippen molar-refractivity contribution in [3.8, 4) is 11.4 Å². The third-order valence-electron chi connectivity index (χ3n) is 3.45. The standard InChI is InChI=1S/C16H19N7O/c1-2-3-10-17-16(24)14-9-11-22(19-14)12-23-20-15(18-21-23)13-7-5-4-6-8-13/h4-9,11H,2-3,10,12H2,1H3,(H,17,24). The SMILES string of the molecule is CCCCNC(=O)c1ccn(Cn2nnc(-c3ccccc3)n2)n1. The van der Waals surface area contributed by atoms with Gasteiger partial charge >= 0.3 is 0 Å². The zero-order valence-electron chi connectivity index (χ0n) is 13.5. The van der Waals surface area contributed by atoms with Gasteiger partial charge in [0, 0.05) is 18.3 Å². The maximum absolute atomic E-state index is 11.9. The number of unbranched alkanes of at least 4 members (excludes halogenated alkanes) is 1. The van der Waals surface area contributed by atoms with Gasteiger partial charge in [-0.15, -0.1) is 15.0 Å². The Bertz CT molecular complexity index is 794. The number of carbonyl (C=O) groups excluding carboxylic acids is 1. The Morgan fingerprint density at radius 3 is 2.79 bits per heavy atom. The molecule has 0 saturated heterocycles. The second-order valence-electron chi connectivity index (χ2n) is 5.34. The summed E-state index contributed by atoms with van der Waals surface area (Å²) in [5, 5.41) is 19.5. The number of hydrogen-bond donors (Lipinski definition) is 1. The second kappa shape index (κ2) is 7.49. The summed E-state index contributed by atoms with van der Waals surface area (Å²) in [5.74, 6) is 0.388. The highest BCUT2D eigenvalue weighted by Gasteiger charge is 2.10. The van der Waals surface area contributed by atoms with E-state index in [1.807, 2.05) is 30.3 Å². The van der Waals surface area contributed by atoms with Gasteiger partial charge in [-0.2, -0.15) is 5.10 Å². The van der Waals surface area contributed by atoms with Crippen molar-refractivity contribution in [1.29, 1.82) is 0 Å². The Hall–Kier alpha value is -3.03. The number of nitrogens with zero attached hydrogens (tertiary/aromatic N) is 6. The lowest BCUT2D eigenvalue weighted by Crippen LogP contribution is -2.25. The highest BCUT2D eigenvalue weighted by molar-refractivity contribution is 5.92. The van der Waals surface area contributed by atoms with E-state index in [2.05, 4.69) is 32.7 Å². The van der Waals surface area contributed by atoms with Crippen LogP contribution in [-0.2, 0) is 6.67 Å². The maximum Gasteiger partial charge on any atom is 0.271 e. The number of nitrogens with one attached hydrogen (secondary N) is 1. The highest BCUT2D eigenvalue weighted by atomic mass is 16.1. The van der Waals surface area contributed by atoms with Crippen molar-refractivity contribution in [1.82, 2.24) is 35.3 Å². The normalized spacial score (nSPS) is 10.7. The molecule has 1 N–H and O–H groups in total. The first kappa shape index (κ1) is 15.9. The zero-order chi connectivity index (χ0) is 16.8. The van der Waals surface area contributed by atoms with Gasteiger partial charge < -0.3 is 5.32 Å². The molecule has 2 aromatic heterocycles. The molecule has 8 nitrogen and oxygen atoms in total. The van der Waals surface area contributed by atoms with E-state index in [0.29, 0.717) is 24.7 Å². The van der Waals surface area contributed by atoms with Gasteiger partial charge in [-0.25, -0.2) is 4.68 Å². The van der Waals surface area contributed by atoms with Crippen LogP contribution in [0, 0.1) is 0 Å². The second-order valence-corrected chi connectivity index (χ2v) is 5.34. The average molecular weight is 325 g/mol. The molecule has 0 aliphatic carbocycles. The highest BCUT2D eigenvalue weighted by Crippen LogP contribution is 2.11. The van der Waals surface area contributed by atoms with Crippen molar-refractivity contribution in [3.63, 3.8) is 0 Å². The van der Waals surface area contributed by atoms with Crippen LogP contribution in [0.1, 0.15) is 30.3 Å². The minimum absolute atomic E-state index is 0.168. The topological polar surface area (TPSA) is 90.5 Å². The van der Waals surface area contributed by atoms with Crippen LogP contribution in [-0.4, -0.2) is 42.4 Å². The first-order chi connectivity index (χ1) is 11.8. The van der Waals surface area contributed by atoms with Crippen LogP contribution in [0.15, 0.2) is 42.6 Å². The monoisotopic (exact) mass is 325 g/mol. The van der Waals surface area contributed by atoms with Gasteiger partial charge in [0.25, 0.3) is 5.91 Å². The molecule has 124 valence electrons. The van der Waals surface area contributed by atoms with E-state index in [0.717, 1.165) is 18.4 Å². The van der Waals surface area contributed by atoms with Gasteiger partial charge in [0.05, 0.1) is 0 Å². The molecule has 0 fully saturated rings. The molecule has 1 aromatic carbocycles. The predicted octanol–water partition coefficient (Wildman–Crippen LogP) is 1.57. The first-order valence-corrected chi connectivity index (χ1v) is 7.91. The number of aromatic nitrogens is 6. The molecule has 1 amide bonds. The van der Waals surface area contributed by atoms with E-state index in [-0.39, 0.29) is 5.91 Å². The fraction of sp³-hybridized carbons (Fsp3) is 0.312. The Morgan fingerprint density at radius 1 is 1.17 bits per heavy atom. The molecule has 2 heterocycles. The first-order valence-electron chi connectivity index (χ1n) is 7.91. The summed E-state index contributed by atoms with van der Waals surface area (Å²) in [4.78, 5) is 13.4. The van der Waals surface area contributed by atoms with E-state index in [1.165, 1.54) is 4.80 Å². The summed E-state index contributed by atoms with van der Waals surface area (Å²) in [6.45, 7) is 3.03. The summed E-state index contributed by atoms with van der Waals surface area (Å²) in [6.07, 6.45) is 3.72. The summed E-state index contributed by atoms with van der Waals surface area (Å²) in [6, 6.07) is 11.3. The number of rotatable bonds is 7. The van der Waals surface area contributed by atoms with E-state index in [9.17, 15) is 4.79 Å². The average Bonchev–Trinajstić information content (AvgIpc) is 3.26. The van der Waals surface area contributed by atoms with E-state index < -0.39 is 0 Å². The molecule has 0 radical (unpaired) electrons. The summed E-state index contributed by atoms with van der Waals surface area (Å²) >= 11 is 0. The molecule has 0 aliphatic rings. The van der Waals surface area contributed by atoms with E-state index >= 15 is 0 Å². The number of carbonyl (C=O) groups is 1. The lowest BCUT2D eigenvalue weighted by Gasteiger charge is -2.01. The minimum Gasteiger partial charge on any atom is -0.351 e. The van der Waals surface area contributed by atoms with E-state index in [1.54, 1.807) is 16.9 Å². The van der Waals surface area contributed by atoms with Gasteiger partial charge in [-0.05, 0) is 17.7 Å². The Morgan fingerprint density at radius 2 is 2.00 bits per heavy atom. The number of hydrogen-bond acceptors (Lipinski definition) is 5. The summed E-state index contributed by atoms with van der Waals surface area (Å²) in [5.41, 5.74) is 1.29. The van der Waals surface area contributed by atoms with Gasteiger partial charge in [0.2, 0.25) is 5.82 Å². The molecule has 0 aliphatic heterocycles. The predicted molar refractivity (Wildman–Crippen MR) is 88.1 cm³/mol. The van der Waals surface area contributed by atoms with Crippen molar-refractivity contribution in [3.05, 3.63) is 48.3 Å². The molecule has 24 heavy (non-hydrogen) atoms. The lowest BCUT2D eigenvalue weighted by molar-refractivity contribution is 0.0947. The molecule has 0 saturated carbocycles. The minimum atomic E-state index is -0.168. The Labute approximate surface area is 139 Å². The summed E-state index contributed by atoms with van der Waals surface area (Å²) < 4.78 is 1.60. The van der Waals surface area contributed by atoms with Crippen LogP contribution in [0.25, 0.3) is 11.4 Å². The van der Waals surface area contributed by atoms with Gasteiger partial charge in [0.1, 0.15) is 5.69 Å². The zero-order valence-corrected chi connectivity index (χ0v) is 13.5. The smallest absolute Gasteiger partial charge is 0.271 e. The molecule has 3 rings (SSSR count). The third-order valence-corrected chi connectivity index (χ3v) is 3.45. The molecular formula is C16H19N7O.